The molecule has 0 aliphatic carbocycles. The Hall–Kier alpha value is -2.04. The minimum atomic E-state index is 1.11. The number of thiophene rings is 1. The average Bonchev–Trinajstić information content (AvgIpc) is 3.16. The van der Waals surface area contributed by atoms with Crippen molar-refractivity contribution in [2.24, 2.45) is 0 Å². The summed E-state index contributed by atoms with van der Waals surface area (Å²) in [5.41, 5.74) is 2.45. The second-order valence-corrected chi connectivity index (χ2v) is 6.35. The fourth-order valence-electron chi connectivity index (χ4n) is 2.31. The Morgan fingerprint density at radius 1 is 0.800 bits per heavy atom. The van der Waals surface area contributed by atoms with Gasteiger partial charge in [0.25, 0.3) is 0 Å². The van der Waals surface area contributed by atoms with Gasteiger partial charge < -0.3 is 0 Å². The fraction of sp³-hybridized carbons (Fsp3) is 0. The third-order valence-corrected chi connectivity index (χ3v) is 5.09. The van der Waals surface area contributed by atoms with Crippen LogP contribution in [0.4, 0.5) is 0 Å². The molecule has 96 valence electrons. The Labute approximate surface area is 124 Å². The zero-order chi connectivity index (χ0) is 13.4. The van der Waals surface area contributed by atoms with Crippen LogP contribution in [0.1, 0.15) is 0 Å². The molecule has 2 aromatic carbocycles. The van der Waals surface area contributed by atoms with E-state index in [2.05, 4.69) is 64.2 Å². The van der Waals surface area contributed by atoms with Gasteiger partial charge in [0.2, 0.25) is 0 Å². The van der Waals surface area contributed by atoms with E-state index in [1.807, 2.05) is 17.5 Å². The topological polar surface area (TPSA) is 25.8 Å². The van der Waals surface area contributed by atoms with Gasteiger partial charge in [0.15, 0.2) is 0 Å². The maximum absolute atomic E-state index is 3.97. The lowest BCUT2D eigenvalue weighted by Gasteiger charge is -2.04. The molecule has 0 amide bonds. The molecule has 0 fully saturated rings. The van der Waals surface area contributed by atoms with Gasteiger partial charge in [-0.2, -0.15) is 0 Å². The van der Waals surface area contributed by atoms with Gasteiger partial charge in [-0.15, -0.1) is 16.4 Å². The van der Waals surface area contributed by atoms with Crippen molar-refractivity contribution in [2.75, 3.05) is 0 Å². The zero-order valence-electron chi connectivity index (χ0n) is 10.5. The number of hydrogen-bond acceptors (Lipinski definition) is 4. The normalized spacial score (nSPS) is 11.0. The lowest BCUT2D eigenvalue weighted by molar-refractivity contribution is 1.16. The fourth-order valence-corrected chi connectivity index (χ4v) is 3.97. The lowest BCUT2D eigenvalue weighted by Crippen LogP contribution is -1.78. The van der Waals surface area contributed by atoms with Crippen molar-refractivity contribution in [3.63, 3.8) is 0 Å². The number of hydrogen-bond donors (Lipinski definition) is 0. The summed E-state index contributed by atoms with van der Waals surface area (Å²) in [6.07, 6.45) is 1.83. The maximum atomic E-state index is 3.97. The predicted octanol–water partition coefficient (Wildman–Crippen LogP) is 5.09. The quantitative estimate of drug-likeness (QED) is 0.515. The molecule has 4 rings (SSSR count). The largest absolute Gasteiger partial charge is 0.146 e. The molecule has 0 saturated carbocycles. The van der Waals surface area contributed by atoms with Crippen molar-refractivity contribution in [3.8, 4) is 20.9 Å². The van der Waals surface area contributed by atoms with Gasteiger partial charge in [-0.3, -0.25) is 0 Å². The van der Waals surface area contributed by atoms with Gasteiger partial charge in [-0.1, -0.05) is 47.0 Å². The third kappa shape index (κ3) is 1.94. The number of rotatable bonds is 2. The first-order valence-corrected chi connectivity index (χ1v) is 7.86. The summed E-state index contributed by atoms with van der Waals surface area (Å²) in [5, 5.41) is 5.24. The number of fused-ring (bicyclic) bond motifs is 1. The van der Waals surface area contributed by atoms with Crippen LogP contribution in [0.5, 0.6) is 0 Å². The Morgan fingerprint density at radius 3 is 2.30 bits per heavy atom. The first-order chi connectivity index (χ1) is 9.92. The second kappa shape index (κ2) is 4.81. The van der Waals surface area contributed by atoms with E-state index in [-0.39, 0.29) is 0 Å². The van der Waals surface area contributed by atoms with E-state index in [4.69, 9.17) is 0 Å². The summed E-state index contributed by atoms with van der Waals surface area (Å²) in [6, 6.07) is 19.2. The zero-order valence-corrected chi connectivity index (χ0v) is 12.1. The van der Waals surface area contributed by atoms with Crippen LogP contribution in [0.25, 0.3) is 31.0 Å². The van der Waals surface area contributed by atoms with Gasteiger partial charge in [-0.25, -0.2) is 0 Å². The average molecular weight is 294 g/mol. The Bertz CT molecular complexity index is 830. The molecule has 2 nitrogen and oxygen atoms in total. The number of aromatic nitrogens is 2. The summed E-state index contributed by atoms with van der Waals surface area (Å²) in [6.45, 7) is 0. The van der Waals surface area contributed by atoms with Crippen LogP contribution in [0.2, 0.25) is 0 Å². The minimum Gasteiger partial charge on any atom is -0.146 e. The van der Waals surface area contributed by atoms with E-state index in [9.17, 15) is 0 Å². The number of benzene rings is 2. The van der Waals surface area contributed by atoms with Crippen LogP contribution >= 0.6 is 22.9 Å². The van der Waals surface area contributed by atoms with Crippen LogP contribution in [0, 0.1) is 0 Å². The van der Waals surface area contributed by atoms with Gasteiger partial charge >= 0.3 is 0 Å². The highest BCUT2D eigenvalue weighted by molar-refractivity contribution is 7.22. The molecule has 0 unspecified atom stereocenters. The van der Waals surface area contributed by atoms with Crippen LogP contribution in [-0.2, 0) is 0 Å². The van der Waals surface area contributed by atoms with Crippen LogP contribution in [0.15, 0.2) is 60.8 Å². The highest BCUT2D eigenvalue weighted by Gasteiger charge is 2.11. The lowest BCUT2D eigenvalue weighted by atomic mass is 10.0. The summed E-state index contributed by atoms with van der Waals surface area (Å²) in [7, 11) is 0. The van der Waals surface area contributed by atoms with Gasteiger partial charge in [0.05, 0.1) is 11.1 Å². The summed E-state index contributed by atoms with van der Waals surface area (Å²) < 4.78 is 5.29. The van der Waals surface area contributed by atoms with Crippen molar-refractivity contribution in [3.05, 3.63) is 60.8 Å². The van der Waals surface area contributed by atoms with Crippen LogP contribution < -0.4 is 0 Å². The molecule has 0 aliphatic heterocycles. The maximum Gasteiger partial charge on any atom is 0.0760 e. The molecular weight excluding hydrogens is 284 g/mol. The van der Waals surface area contributed by atoms with Crippen molar-refractivity contribution in [1.29, 1.82) is 0 Å². The van der Waals surface area contributed by atoms with E-state index in [1.54, 1.807) is 0 Å². The second-order valence-electron chi connectivity index (χ2n) is 4.48. The number of nitrogens with zero attached hydrogens (tertiary/aromatic N) is 2. The molecule has 0 saturated heterocycles. The summed E-state index contributed by atoms with van der Waals surface area (Å²) >= 11 is 3.26. The van der Waals surface area contributed by atoms with E-state index < -0.39 is 0 Å². The van der Waals surface area contributed by atoms with Crippen molar-refractivity contribution >= 4 is 33.0 Å². The monoisotopic (exact) mass is 294 g/mol. The molecule has 0 spiro atoms. The molecule has 0 atom stereocenters. The molecule has 0 N–H and O–H groups in total. The summed E-state index contributed by atoms with van der Waals surface area (Å²) in [5.74, 6) is 0. The van der Waals surface area contributed by atoms with E-state index in [0.29, 0.717) is 0 Å². The molecule has 2 aromatic heterocycles. The van der Waals surface area contributed by atoms with Crippen molar-refractivity contribution < 1.29 is 0 Å². The first-order valence-electron chi connectivity index (χ1n) is 6.27. The molecule has 4 heteroatoms. The first kappa shape index (κ1) is 11.8. The van der Waals surface area contributed by atoms with E-state index >= 15 is 0 Å². The smallest absolute Gasteiger partial charge is 0.0760 e. The predicted molar refractivity (Wildman–Crippen MR) is 86.2 cm³/mol. The van der Waals surface area contributed by atoms with Crippen LogP contribution in [0.3, 0.4) is 0 Å². The molecule has 4 aromatic rings. The van der Waals surface area contributed by atoms with E-state index in [1.165, 1.54) is 37.6 Å². The van der Waals surface area contributed by atoms with Crippen molar-refractivity contribution in [2.45, 2.75) is 0 Å². The van der Waals surface area contributed by atoms with Gasteiger partial charge in [-0.05, 0) is 29.1 Å². The third-order valence-electron chi connectivity index (χ3n) is 3.24. The summed E-state index contributed by atoms with van der Waals surface area (Å²) in [4.78, 5) is 2.40. The molecule has 2 heterocycles. The van der Waals surface area contributed by atoms with Crippen molar-refractivity contribution in [1.82, 2.24) is 9.59 Å². The molecule has 0 radical (unpaired) electrons. The highest BCUT2D eigenvalue weighted by atomic mass is 32.1. The highest BCUT2D eigenvalue weighted by Crippen LogP contribution is 2.39. The van der Waals surface area contributed by atoms with Gasteiger partial charge in [0.1, 0.15) is 0 Å². The molecule has 0 aliphatic rings. The molecule has 20 heavy (non-hydrogen) atoms. The standard InChI is InChI=1S/C16H10N2S2/c1-4-8-14-11(5-1)9-15(19-14)12-6-2-3-7-13(12)16-10-17-18-20-16/h1-10H. The Morgan fingerprint density at radius 2 is 1.55 bits per heavy atom. The Balaban J connectivity index is 1.94. The van der Waals surface area contributed by atoms with Gasteiger partial charge in [0, 0.05) is 20.7 Å². The SMILES string of the molecule is c1ccc(-c2cc3ccccc3s2)c(-c2cnns2)c1. The molecular formula is C16H10N2S2. The Kier molecular flexibility index (Phi) is 2.83. The van der Waals surface area contributed by atoms with E-state index in [0.717, 1.165) is 4.88 Å². The van der Waals surface area contributed by atoms with Crippen LogP contribution in [-0.4, -0.2) is 9.59 Å². The minimum absolute atomic E-state index is 1.11. The molecule has 0 bridgehead atoms.